The van der Waals surface area contributed by atoms with E-state index in [9.17, 15) is 9.59 Å². The molecule has 1 saturated heterocycles. The van der Waals surface area contributed by atoms with Crippen LogP contribution in [-0.2, 0) is 23.2 Å². The van der Waals surface area contributed by atoms with Crippen molar-refractivity contribution in [1.82, 2.24) is 24.8 Å². The van der Waals surface area contributed by atoms with E-state index in [-0.39, 0.29) is 11.8 Å². The zero-order chi connectivity index (χ0) is 19.7. The first-order valence-corrected chi connectivity index (χ1v) is 11.0. The van der Waals surface area contributed by atoms with E-state index in [1.807, 2.05) is 22.1 Å². The number of thiazole rings is 1. The number of piperidine rings is 1. The van der Waals surface area contributed by atoms with Gasteiger partial charge in [-0.2, -0.15) is 0 Å². The summed E-state index contributed by atoms with van der Waals surface area (Å²) in [6.07, 6.45) is 6.41. The van der Waals surface area contributed by atoms with Gasteiger partial charge in [0, 0.05) is 43.5 Å². The Morgan fingerprint density at radius 1 is 1.25 bits per heavy atom. The fraction of sp³-hybridized carbons (Fsp3) is 0.600. The molecule has 2 aliphatic heterocycles. The van der Waals surface area contributed by atoms with Gasteiger partial charge in [0.05, 0.1) is 22.6 Å². The molecule has 7 nitrogen and oxygen atoms in total. The predicted octanol–water partition coefficient (Wildman–Crippen LogP) is 2.74. The highest BCUT2D eigenvalue weighted by atomic mass is 32.1. The second kappa shape index (κ2) is 7.66. The lowest BCUT2D eigenvalue weighted by Crippen LogP contribution is -2.58. The molecule has 0 radical (unpaired) electrons. The minimum Gasteiger partial charge on any atom is -0.348 e. The molecule has 0 aliphatic carbocycles. The molecule has 28 heavy (non-hydrogen) atoms. The number of fused-ring (bicyclic) bond motifs is 2. The van der Waals surface area contributed by atoms with E-state index in [4.69, 9.17) is 0 Å². The van der Waals surface area contributed by atoms with E-state index in [0.29, 0.717) is 44.6 Å². The van der Waals surface area contributed by atoms with E-state index < -0.39 is 5.54 Å². The maximum absolute atomic E-state index is 12.9. The molecule has 1 fully saturated rings. The summed E-state index contributed by atoms with van der Waals surface area (Å²) < 4.78 is 0. The number of aryl methyl sites for hydroxylation is 1. The number of carbonyl (C=O) groups excluding carboxylic acids is 2. The topological polar surface area (TPSA) is 82.2 Å². The van der Waals surface area contributed by atoms with Gasteiger partial charge in [0.2, 0.25) is 5.91 Å². The highest BCUT2D eigenvalue weighted by Crippen LogP contribution is 2.42. The van der Waals surface area contributed by atoms with Crippen LogP contribution in [-0.4, -0.2) is 56.2 Å². The van der Waals surface area contributed by atoms with E-state index in [0.717, 1.165) is 35.7 Å². The second-order valence-electron chi connectivity index (χ2n) is 7.58. The fourth-order valence-corrected chi connectivity index (χ4v) is 5.39. The van der Waals surface area contributed by atoms with E-state index in [2.05, 4.69) is 21.9 Å². The Morgan fingerprint density at radius 3 is 2.75 bits per heavy atom. The first kappa shape index (κ1) is 19.1. The third-order valence-corrected chi connectivity index (χ3v) is 6.89. The number of aromatic amines is 1. The van der Waals surface area contributed by atoms with Crippen molar-refractivity contribution in [2.24, 2.45) is 0 Å². The van der Waals surface area contributed by atoms with Crippen molar-refractivity contribution in [2.75, 3.05) is 19.6 Å². The third kappa shape index (κ3) is 3.13. The van der Waals surface area contributed by atoms with Crippen molar-refractivity contribution in [1.29, 1.82) is 0 Å². The van der Waals surface area contributed by atoms with Crippen LogP contribution in [0.4, 0.5) is 0 Å². The van der Waals surface area contributed by atoms with Gasteiger partial charge in [0.25, 0.3) is 5.91 Å². The monoisotopic (exact) mass is 401 g/mol. The summed E-state index contributed by atoms with van der Waals surface area (Å²) in [4.78, 5) is 41.8. The summed E-state index contributed by atoms with van der Waals surface area (Å²) in [5.41, 5.74) is 2.28. The summed E-state index contributed by atoms with van der Waals surface area (Å²) in [5.74, 6) is 0.164. The average Bonchev–Trinajstić information content (AvgIpc) is 3.38. The second-order valence-corrected chi connectivity index (χ2v) is 8.52. The summed E-state index contributed by atoms with van der Waals surface area (Å²) in [5, 5.41) is 2.89. The van der Waals surface area contributed by atoms with Gasteiger partial charge in [-0.1, -0.05) is 13.8 Å². The van der Waals surface area contributed by atoms with Crippen molar-refractivity contribution < 1.29 is 9.59 Å². The summed E-state index contributed by atoms with van der Waals surface area (Å²) in [7, 11) is 0. The first-order valence-electron chi connectivity index (χ1n) is 10.2. The molecule has 2 aromatic rings. The summed E-state index contributed by atoms with van der Waals surface area (Å²) in [6, 6.07) is 0. The number of imidazole rings is 1. The van der Waals surface area contributed by atoms with Gasteiger partial charge in [-0.3, -0.25) is 9.59 Å². The molecule has 0 aromatic carbocycles. The van der Waals surface area contributed by atoms with Crippen LogP contribution >= 0.6 is 11.3 Å². The molecule has 2 aromatic heterocycles. The van der Waals surface area contributed by atoms with Gasteiger partial charge < -0.3 is 14.8 Å². The van der Waals surface area contributed by atoms with E-state index in [1.54, 1.807) is 17.7 Å². The van der Waals surface area contributed by atoms with Crippen LogP contribution in [0.2, 0.25) is 0 Å². The molecule has 2 aliphatic rings. The molecule has 0 atom stereocenters. The fourth-order valence-electron chi connectivity index (χ4n) is 4.52. The lowest BCUT2D eigenvalue weighted by molar-refractivity contribution is -0.141. The standard InChI is InChI=1S/C20H27N5O2S/c1-3-5-16-23-15(12-28-16)19(27)24-10-7-20(8-11-24)18-14(21-13-22-18)6-9-25(20)17(26)4-2/h12-13H,3-11H2,1-2H3,(H,21,22). The quantitative estimate of drug-likeness (QED) is 0.854. The van der Waals surface area contributed by atoms with Gasteiger partial charge in [-0.05, 0) is 25.7 Å². The van der Waals surface area contributed by atoms with Crippen molar-refractivity contribution in [3.8, 4) is 0 Å². The van der Waals surface area contributed by atoms with Crippen molar-refractivity contribution in [3.05, 3.63) is 33.8 Å². The molecule has 1 N–H and O–H groups in total. The Balaban J connectivity index is 1.54. The number of nitrogens with zero attached hydrogens (tertiary/aromatic N) is 4. The number of rotatable bonds is 4. The Morgan fingerprint density at radius 2 is 2.04 bits per heavy atom. The van der Waals surface area contributed by atoms with E-state index in [1.165, 1.54) is 0 Å². The molecule has 150 valence electrons. The Bertz CT molecular complexity index is 866. The summed E-state index contributed by atoms with van der Waals surface area (Å²) >= 11 is 1.56. The smallest absolute Gasteiger partial charge is 0.273 e. The Labute approximate surface area is 169 Å². The summed E-state index contributed by atoms with van der Waals surface area (Å²) in [6.45, 7) is 5.95. The zero-order valence-electron chi connectivity index (χ0n) is 16.5. The SMILES string of the molecule is CCCc1nc(C(=O)N2CCC3(CC2)c2nc[nH]c2CCN3C(=O)CC)cs1. The highest BCUT2D eigenvalue weighted by molar-refractivity contribution is 7.09. The van der Waals surface area contributed by atoms with Crippen LogP contribution in [0, 0.1) is 0 Å². The highest BCUT2D eigenvalue weighted by Gasteiger charge is 2.48. The zero-order valence-corrected chi connectivity index (χ0v) is 17.3. The molecule has 1 spiro atoms. The number of nitrogens with one attached hydrogen (secondary N) is 1. The molecule has 4 heterocycles. The lowest BCUT2D eigenvalue weighted by Gasteiger charge is -2.50. The normalized spacial score (nSPS) is 18.4. The molecular formula is C20H27N5O2S. The third-order valence-electron chi connectivity index (χ3n) is 5.98. The number of likely N-dealkylation sites (tertiary alicyclic amines) is 1. The number of amides is 2. The maximum atomic E-state index is 12.9. The lowest BCUT2D eigenvalue weighted by atomic mass is 9.78. The van der Waals surface area contributed by atoms with Crippen molar-refractivity contribution in [3.63, 3.8) is 0 Å². The van der Waals surface area contributed by atoms with Crippen molar-refractivity contribution in [2.45, 2.75) is 57.9 Å². The van der Waals surface area contributed by atoms with Crippen molar-refractivity contribution >= 4 is 23.2 Å². The Kier molecular flexibility index (Phi) is 5.23. The van der Waals surface area contributed by atoms with Crippen LogP contribution in [0.15, 0.2) is 11.7 Å². The van der Waals surface area contributed by atoms with E-state index >= 15 is 0 Å². The van der Waals surface area contributed by atoms with Crippen LogP contribution in [0.25, 0.3) is 0 Å². The largest absolute Gasteiger partial charge is 0.348 e. The van der Waals surface area contributed by atoms with Crippen LogP contribution < -0.4 is 0 Å². The number of aromatic nitrogens is 3. The Hall–Kier alpha value is -2.22. The first-order chi connectivity index (χ1) is 13.6. The minimum atomic E-state index is -0.396. The molecule has 4 rings (SSSR count). The maximum Gasteiger partial charge on any atom is 0.273 e. The molecular weight excluding hydrogens is 374 g/mol. The van der Waals surface area contributed by atoms with Gasteiger partial charge in [0.15, 0.2) is 0 Å². The van der Waals surface area contributed by atoms with Crippen LogP contribution in [0.5, 0.6) is 0 Å². The van der Waals surface area contributed by atoms with Gasteiger partial charge in [-0.25, -0.2) is 9.97 Å². The van der Waals surface area contributed by atoms with Gasteiger partial charge in [-0.15, -0.1) is 11.3 Å². The number of carbonyl (C=O) groups is 2. The molecule has 8 heteroatoms. The molecule has 0 unspecified atom stereocenters. The minimum absolute atomic E-state index is 0.000109. The predicted molar refractivity (Wildman–Crippen MR) is 107 cm³/mol. The number of hydrogen-bond acceptors (Lipinski definition) is 5. The van der Waals surface area contributed by atoms with Crippen LogP contribution in [0.3, 0.4) is 0 Å². The molecule has 2 amide bonds. The number of hydrogen-bond donors (Lipinski definition) is 1. The van der Waals surface area contributed by atoms with Gasteiger partial charge >= 0.3 is 0 Å². The van der Waals surface area contributed by atoms with Gasteiger partial charge in [0.1, 0.15) is 5.69 Å². The van der Waals surface area contributed by atoms with Crippen LogP contribution in [0.1, 0.15) is 66.4 Å². The number of H-pyrrole nitrogens is 1. The molecule has 0 saturated carbocycles. The average molecular weight is 402 g/mol. The molecule has 0 bridgehead atoms.